The Kier molecular flexibility index (Phi) is 7.34. The van der Waals surface area contributed by atoms with E-state index in [9.17, 15) is 14.9 Å². The van der Waals surface area contributed by atoms with Crippen molar-refractivity contribution >= 4 is 11.8 Å². The van der Waals surface area contributed by atoms with Crippen molar-refractivity contribution in [3.8, 4) is 6.07 Å². The van der Waals surface area contributed by atoms with E-state index in [-0.39, 0.29) is 17.7 Å². The summed E-state index contributed by atoms with van der Waals surface area (Å²) in [5.41, 5.74) is 4.73. The SMILES string of the molecule is N#CC1(NC(=O)CCC2CCCCC2)CCN(C2CCC(C(N)=O)CC2)CC1. The van der Waals surface area contributed by atoms with Crippen LogP contribution in [-0.4, -0.2) is 41.4 Å². The molecule has 0 aromatic heterocycles. The average Bonchev–Trinajstić information content (AvgIpc) is 2.73. The number of carbonyl (C=O) groups is 2. The average molecular weight is 389 g/mol. The number of piperidine rings is 1. The van der Waals surface area contributed by atoms with Gasteiger partial charge in [0, 0.05) is 31.5 Å². The number of primary amides is 1. The largest absolute Gasteiger partial charge is 0.369 e. The second kappa shape index (κ2) is 9.73. The summed E-state index contributed by atoms with van der Waals surface area (Å²) in [4.78, 5) is 26.3. The van der Waals surface area contributed by atoms with Gasteiger partial charge in [0.15, 0.2) is 0 Å². The molecule has 3 rings (SSSR count). The maximum Gasteiger partial charge on any atom is 0.221 e. The van der Waals surface area contributed by atoms with Crippen LogP contribution < -0.4 is 11.1 Å². The molecule has 3 fully saturated rings. The number of rotatable bonds is 6. The third-order valence-electron chi connectivity index (χ3n) is 7.36. The van der Waals surface area contributed by atoms with Crippen molar-refractivity contribution in [3.05, 3.63) is 0 Å². The highest BCUT2D eigenvalue weighted by molar-refractivity contribution is 5.77. The van der Waals surface area contributed by atoms with Crippen molar-refractivity contribution in [2.45, 2.75) is 95.1 Å². The third kappa shape index (κ3) is 5.47. The molecule has 0 unspecified atom stereocenters. The molecule has 6 heteroatoms. The van der Waals surface area contributed by atoms with E-state index in [1.54, 1.807) is 0 Å². The molecule has 0 aromatic rings. The Balaban J connectivity index is 1.42. The molecule has 3 N–H and O–H groups in total. The maximum atomic E-state index is 12.5. The molecule has 0 atom stereocenters. The summed E-state index contributed by atoms with van der Waals surface area (Å²) in [6, 6.07) is 2.89. The van der Waals surface area contributed by atoms with Gasteiger partial charge in [0.1, 0.15) is 5.54 Å². The third-order valence-corrected chi connectivity index (χ3v) is 7.36. The normalized spacial score (nSPS) is 29.0. The van der Waals surface area contributed by atoms with Crippen molar-refractivity contribution in [1.29, 1.82) is 5.26 Å². The first-order chi connectivity index (χ1) is 13.5. The molecule has 156 valence electrons. The molecule has 1 heterocycles. The molecule has 0 aromatic carbocycles. The molecular formula is C22H36N4O2. The topological polar surface area (TPSA) is 99.2 Å². The number of nitrogens with two attached hydrogens (primary N) is 1. The van der Waals surface area contributed by atoms with Crippen molar-refractivity contribution in [3.63, 3.8) is 0 Å². The standard InChI is InChI=1S/C22H36N4O2/c23-16-22(25-20(27)11-6-17-4-2-1-3-5-17)12-14-26(15-13-22)19-9-7-18(8-10-19)21(24)28/h17-19H,1-15H2,(H2,24,28)(H,25,27). The summed E-state index contributed by atoms with van der Waals surface area (Å²) in [7, 11) is 0. The van der Waals surface area contributed by atoms with Gasteiger partial charge in [0.05, 0.1) is 6.07 Å². The van der Waals surface area contributed by atoms with Crippen LogP contribution in [0.2, 0.25) is 0 Å². The van der Waals surface area contributed by atoms with Gasteiger partial charge in [-0.1, -0.05) is 32.1 Å². The Labute approximate surface area is 169 Å². The summed E-state index contributed by atoms with van der Waals surface area (Å²) in [6.07, 6.45) is 13.1. The summed E-state index contributed by atoms with van der Waals surface area (Å²) < 4.78 is 0. The lowest BCUT2D eigenvalue weighted by molar-refractivity contribution is -0.123. The number of nitrogens with one attached hydrogen (secondary N) is 1. The lowest BCUT2D eigenvalue weighted by Crippen LogP contribution is -2.56. The highest BCUT2D eigenvalue weighted by atomic mass is 16.2. The van der Waals surface area contributed by atoms with Gasteiger partial charge in [0.2, 0.25) is 11.8 Å². The number of amides is 2. The van der Waals surface area contributed by atoms with Crippen molar-refractivity contribution in [1.82, 2.24) is 10.2 Å². The molecular weight excluding hydrogens is 352 g/mol. The minimum Gasteiger partial charge on any atom is -0.369 e. The fraction of sp³-hybridized carbons (Fsp3) is 0.864. The van der Waals surface area contributed by atoms with E-state index in [1.807, 2.05) is 0 Å². The Morgan fingerprint density at radius 3 is 2.25 bits per heavy atom. The van der Waals surface area contributed by atoms with Crippen LogP contribution >= 0.6 is 0 Å². The monoisotopic (exact) mass is 388 g/mol. The minimum absolute atomic E-state index is 0.0303. The molecule has 1 aliphatic heterocycles. The van der Waals surface area contributed by atoms with Crippen LogP contribution in [0.5, 0.6) is 0 Å². The zero-order chi connectivity index (χ0) is 20.0. The van der Waals surface area contributed by atoms with E-state index >= 15 is 0 Å². The van der Waals surface area contributed by atoms with Crippen LogP contribution in [0.25, 0.3) is 0 Å². The molecule has 2 saturated carbocycles. The fourth-order valence-corrected chi connectivity index (χ4v) is 5.40. The fourth-order valence-electron chi connectivity index (χ4n) is 5.40. The predicted octanol–water partition coefficient (Wildman–Crippen LogP) is 2.87. The molecule has 2 aliphatic carbocycles. The van der Waals surface area contributed by atoms with Gasteiger partial charge in [-0.3, -0.25) is 9.59 Å². The molecule has 1 saturated heterocycles. The van der Waals surface area contributed by atoms with Crippen LogP contribution in [-0.2, 0) is 9.59 Å². The van der Waals surface area contributed by atoms with Gasteiger partial charge in [-0.15, -0.1) is 0 Å². The van der Waals surface area contributed by atoms with E-state index in [4.69, 9.17) is 5.73 Å². The molecule has 3 aliphatic rings. The summed E-state index contributed by atoms with van der Waals surface area (Å²) in [5, 5.41) is 12.8. The second-order valence-electron chi connectivity index (χ2n) is 9.23. The molecule has 0 bridgehead atoms. The summed E-state index contributed by atoms with van der Waals surface area (Å²) >= 11 is 0. The van der Waals surface area contributed by atoms with E-state index in [0.29, 0.717) is 31.2 Å². The summed E-state index contributed by atoms with van der Waals surface area (Å²) in [6.45, 7) is 1.67. The highest BCUT2D eigenvalue weighted by Gasteiger charge is 2.39. The van der Waals surface area contributed by atoms with Gasteiger partial charge >= 0.3 is 0 Å². The van der Waals surface area contributed by atoms with Crippen LogP contribution in [0.1, 0.15) is 83.5 Å². The number of hydrogen-bond donors (Lipinski definition) is 2. The Hall–Kier alpha value is -1.61. The smallest absolute Gasteiger partial charge is 0.221 e. The Morgan fingerprint density at radius 2 is 1.68 bits per heavy atom. The number of nitrogens with zero attached hydrogens (tertiary/aromatic N) is 2. The molecule has 0 spiro atoms. The zero-order valence-corrected chi connectivity index (χ0v) is 17.1. The number of likely N-dealkylation sites (tertiary alicyclic amines) is 1. The van der Waals surface area contributed by atoms with E-state index < -0.39 is 5.54 Å². The lowest BCUT2D eigenvalue weighted by atomic mass is 9.82. The second-order valence-corrected chi connectivity index (χ2v) is 9.23. The summed E-state index contributed by atoms with van der Waals surface area (Å²) in [5.74, 6) is 0.594. The van der Waals surface area contributed by atoms with Gasteiger partial charge in [-0.05, 0) is 50.9 Å². The first kappa shape index (κ1) is 21.1. The molecule has 6 nitrogen and oxygen atoms in total. The van der Waals surface area contributed by atoms with E-state index in [0.717, 1.165) is 45.2 Å². The van der Waals surface area contributed by atoms with Gasteiger partial charge in [-0.25, -0.2) is 0 Å². The minimum atomic E-state index is -0.704. The van der Waals surface area contributed by atoms with E-state index in [1.165, 1.54) is 32.1 Å². The maximum absolute atomic E-state index is 12.5. The quantitative estimate of drug-likeness (QED) is 0.731. The van der Waals surface area contributed by atoms with Gasteiger partial charge < -0.3 is 16.0 Å². The van der Waals surface area contributed by atoms with E-state index in [2.05, 4.69) is 16.3 Å². The van der Waals surface area contributed by atoms with Crippen LogP contribution in [0.3, 0.4) is 0 Å². The zero-order valence-electron chi connectivity index (χ0n) is 17.1. The van der Waals surface area contributed by atoms with Crippen molar-refractivity contribution in [2.75, 3.05) is 13.1 Å². The number of carbonyl (C=O) groups excluding carboxylic acids is 2. The molecule has 28 heavy (non-hydrogen) atoms. The highest BCUT2D eigenvalue weighted by Crippen LogP contribution is 2.32. The first-order valence-electron chi connectivity index (χ1n) is 11.3. The lowest BCUT2D eigenvalue weighted by Gasteiger charge is -2.43. The predicted molar refractivity (Wildman–Crippen MR) is 108 cm³/mol. The van der Waals surface area contributed by atoms with Crippen LogP contribution in [0.15, 0.2) is 0 Å². The van der Waals surface area contributed by atoms with Crippen molar-refractivity contribution in [2.24, 2.45) is 17.6 Å². The van der Waals surface area contributed by atoms with Gasteiger partial charge in [-0.2, -0.15) is 5.26 Å². The van der Waals surface area contributed by atoms with Gasteiger partial charge in [0.25, 0.3) is 0 Å². The Bertz CT molecular complexity index is 578. The Morgan fingerprint density at radius 1 is 1.04 bits per heavy atom. The molecule has 2 amide bonds. The number of hydrogen-bond acceptors (Lipinski definition) is 4. The van der Waals surface area contributed by atoms with Crippen molar-refractivity contribution < 1.29 is 9.59 Å². The van der Waals surface area contributed by atoms with Crippen LogP contribution in [0.4, 0.5) is 0 Å². The van der Waals surface area contributed by atoms with Crippen LogP contribution in [0, 0.1) is 23.2 Å². The molecule has 0 radical (unpaired) electrons. The first-order valence-corrected chi connectivity index (χ1v) is 11.3. The number of nitriles is 1.